The molecule has 2 aromatic rings. The Balaban J connectivity index is 1.80. The molecular formula is C17H20FN3O3. The second-order valence-electron chi connectivity index (χ2n) is 6.00. The minimum atomic E-state index is -0.397. The van der Waals surface area contributed by atoms with E-state index in [4.69, 9.17) is 0 Å². The van der Waals surface area contributed by atoms with E-state index in [0.29, 0.717) is 31.5 Å². The van der Waals surface area contributed by atoms with Crippen LogP contribution in [-0.2, 0) is 0 Å². The van der Waals surface area contributed by atoms with Gasteiger partial charge in [0.2, 0.25) is 0 Å². The maximum atomic E-state index is 13.7. The molecule has 2 heterocycles. The fourth-order valence-corrected chi connectivity index (χ4v) is 2.94. The third-order valence-corrected chi connectivity index (χ3v) is 4.28. The van der Waals surface area contributed by atoms with E-state index in [1.54, 1.807) is 13.0 Å². The Morgan fingerprint density at radius 3 is 2.83 bits per heavy atom. The van der Waals surface area contributed by atoms with Gasteiger partial charge in [-0.15, -0.1) is 0 Å². The third-order valence-electron chi connectivity index (χ3n) is 4.28. The van der Waals surface area contributed by atoms with E-state index in [9.17, 15) is 14.3 Å². The summed E-state index contributed by atoms with van der Waals surface area (Å²) in [6.07, 6.45) is 2.40. The highest BCUT2D eigenvalue weighted by Gasteiger charge is 2.23. The molecule has 1 saturated heterocycles. The van der Waals surface area contributed by atoms with Gasteiger partial charge in [-0.3, -0.25) is 4.79 Å². The van der Waals surface area contributed by atoms with E-state index in [1.165, 1.54) is 24.5 Å². The molecule has 1 aromatic carbocycles. The molecule has 0 spiro atoms. The van der Waals surface area contributed by atoms with E-state index in [2.05, 4.69) is 19.9 Å². The van der Waals surface area contributed by atoms with Crippen molar-refractivity contribution >= 4 is 11.6 Å². The zero-order valence-corrected chi connectivity index (χ0v) is 13.4. The van der Waals surface area contributed by atoms with Gasteiger partial charge in [-0.05, 0) is 38.0 Å². The van der Waals surface area contributed by atoms with Crippen LogP contribution in [0.4, 0.5) is 10.1 Å². The Morgan fingerprint density at radius 2 is 2.17 bits per heavy atom. The summed E-state index contributed by atoms with van der Waals surface area (Å²) in [7, 11) is 0. The summed E-state index contributed by atoms with van der Waals surface area (Å²) in [5, 5.41) is 16.1. The molecule has 1 aliphatic heterocycles. The van der Waals surface area contributed by atoms with Crippen molar-refractivity contribution in [1.82, 2.24) is 10.5 Å². The molecule has 1 amide bonds. The number of aliphatic hydroxyl groups is 1. The van der Waals surface area contributed by atoms with Crippen LogP contribution in [0.1, 0.15) is 41.9 Å². The SMILES string of the molecule is C[C@@H](NC(=O)c1ccon1)c1cc(F)ccc1N1CCC(O)CC1. The van der Waals surface area contributed by atoms with Crippen molar-refractivity contribution < 1.29 is 18.8 Å². The van der Waals surface area contributed by atoms with Gasteiger partial charge < -0.3 is 19.8 Å². The van der Waals surface area contributed by atoms with Crippen molar-refractivity contribution in [2.75, 3.05) is 18.0 Å². The molecule has 0 radical (unpaired) electrons. The predicted molar refractivity (Wildman–Crippen MR) is 86.2 cm³/mol. The maximum Gasteiger partial charge on any atom is 0.273 e. The number of anilines is 1. The predicted octanol–water partition coefficient (Wildman–Crippen LogP) is 2.27. The maximum absolute atomic E-state index is 13.7. The van der Waals surface area contributed by atoms with Crippen molar-refractivity contribution in [3.63, 3.8) is 0 Å². The average molecular weight is 333 g/mol. The Labute approximate surface area is 139 Å². The summed E-state index contributed by atoms with van der Waals surface area (Å²) < 4.78 is 18.4. The number of hydrogen-bond donors (Lipinski definition) is 2. The van der Waals surface area contributed by atoms with Gasteiger partial charge in [0.25, 0.3) is 5.91 Å². The van der Waals surface area contributed by atoms with Crippen LogP contribution in [0.2, 0.25) is 0 Å². The van der Waals surface area contributed by atoms with Crippen LogP contribution in [-0.4, -0.2) is 35.4 Å². The van der Waals surface area contributed by atoms with Crippen LogP contribution in [0.3, 0.4) is 0 Å². The lowest BCUT2D eigenvalue weighted by atomic mass is 10.0. The van der Waals surface area contributed by atoms with E-state index < -0.39 is 6.04 Å². The normalized spacial score (nSPS) is 16.9. The van der Waals surface area contributed by atoms with Gasteiger partial charge in [0.15, 0.2) is 5.69 Å². The van der Waals surface area contributed by atoms with Crippen LogP contribution in [0.25, 0.3) is 0 Å². The first-order chi connectivity index (χ1) is 11.5. The molecule has 7 heteroatoms. The largest absolute Gasteiger partial charge is 0.393 e. The first kappa shape index (κ1) is 16.4. The molecule has 0 saturated carbocycles. The van der Waals surface area contributed by atoms with E-state index in [1.807, 2.05) is 0 Å². The molecule has 6 nitrogen and oxygen atoms in total. The molecule has 2 N–H and O–H groups in total. The number of halogens is 1. The second kappa shape index (κ2) is 7.00. The van der Waals surface area contributed by atoms with Gasteiger partial charge >= 0.3 is 0 Å². The van der Waals surface area contributed by atoms with Crippen LogP contribution in [0.15, 0.2) is 35.1 Å². The molecule has 1 aromatic heterocycles. The van der Waals surface area contributed by atoms with Gasteiger partial charge in [0.1, 0.15) is 12.1 Å². The smallest absolute Gasteiger partial charge is 0.273 e. The Morgan fingerprint density at radius 1 is 1.42 bits per heavy atom. The van der Waals surface area contributed by atoms with E-state index in [0.717, 1.165) is 5.69 Å². The highest BCUT2D eigenvalue weighted by molar-refractivity contribution is 5.92. The summed E-state index contributed by atoms with van der Waals surface area (Å²) in [6.45, 7) is 3.20. The van der Waals surface area contributed by atoms with Crippen LogP contribution >= 0.6 is 0 Å². The van der Waals surface area contributed by atoms with Crippen LogP contribution in [0, 0.1) is 5.82 Å². The molecule has 24 heavy (non-hydrogen) atoms. The molecule has 1 atom stereocenters. The number of rotatable bonds is 4. The van der Waals surface area contributed by atoms with E-state index >= 15 is 0 Å². The Hall–Kier alpha value is -2.41. The number of carbonyl (C=O) groups is 1. The fraction of sp³-hybridized carbons (Fsp3) is 0.412. The summed E-state index contributed by atoms with van der Waals surface area (Å²) >= 11 is 0. The number of amides is 1. The van der Waals surface area contributed by atoms with Gasteiger partial charge in [-0.2, -0.15) is 0 Å². The van der Waals surface area contributed by atoms with Crippen LogP contribution < -0.4 is 10.2 Å². The lowest BCUT2D eigenvalue weighted by Gasteiger charge is -2.34. The third kappa shape index (κ3) is 3.56. The molecule has 1 aliphatic rings. The number of hydrogen-bond acceptors (Lipinski definition) is 5. The number of aliphatic hydroxyl groups excluding tert-OH is 1. The van der Waals surface area contributed by atoms with Gasteiger partial charge in [0.05, 0.1) is 12.1 Å². The zero-order valence-electron chi connectivity index (χ0n) is 13.4. The molecule has 0 bridgehead atoms. The number of benzene rings is 1. The summed E-state index contributed by atoms with van der Waals surface area (Å²) in [5.41, 5.74) is 1.75. The van der Waals surface area contributed by atoms with Crippen molar-refractivity contribution in [3.05, 3.63) is 47.6 Å². The van der Waals surface area contributed by atoms with Gasteiger partial charge in [-0.25, -0.2) is 4.39 Å². The molecule has 3 rings (SSSR count). The standard InChI is InChI=1S/C17H20FN3O3/c1-11(19-17(23)15-6-9-24-20-15)14-10-12(18)2-3-16(14)21-7-4-13(22)5-8-21/h2-3,6,9-11,13,22H,4-5,7-8H2,1H3,(H,19,23)/t11-/m1/s1. The topological polar surface area (TPSA) is 78.6 Å². The van der Waals surface area contributed by atoms with Crippen LogP contribution in [0.5, 0.6) is 0 Å². The zero-order chi connectivity index (χ0) is 17.1. The first-order valence-corrected chi connectivity index (χ1v) is 7.98. The number of aromatic nitrogens is 1. The number of carbonyl (C=O) groups excluding carboxylic acids is 1. The number of piperidine rings is 1. The molecule has 128 valence electrons. The number of nitrogens with one attached hydrogen (secondary N) is 1. The molecule has 0 aliphatic carbocycles. The lowest BCUT2D eigenvalue weighted by Crippen LogP contribution is -2.37. The fourth-order valence-electron chi connectivity index (χ4n) is 2.94. The minimum absolute atomic E-state index is 0.181. The lowest BCUT2D eigenvalue weighted by molar-refractivity contribution is 0.0930. The van der Waals surface area contributed by atoms with Crippen molar-refractivity contribution in [3.8, 4) is 0 Å². The van der Waals surface area contributed by atoms with Gasteiger partial charge in [-0.1, -0.05) is 5.16 Å². The molecule has 1 fully saturated rings. The quantitative estimate of drug-likeness (QED) is 0.897. The summed E-state index contributed by atoms with van der Waals surface area (Å²) in [6, 6.07) is 5.65. The first-order valence-electron chi connectivity index (χ1n) is 7.98. The summed E-state index contributed by atoms with van der Waals surface area (Å²) in [4.78, 5) is 14.2. The minimum Gasteiger partial charge on any atom is -0.393 e. The second-order valence-corrected chi connectivity index (χ2v) is 6.00. The number of nitrogens with zero attached hydrogens (tertiary/aromatic N) is 2. The van der Waals surface area contributed by atoms with E-state index in [-0.39, 0.29) is 23.5 Å². The highest BCUT2D eigenvalue weighted by Crippen LogP contribution is 2.29. The Bertz CT molecular complexity index is 697. The van der Waals surface area contributed by atoms with Crippen molar-refractivity contribution in [2.45, 2.75) is 31.9 Å². The van der Waals surface area contributed by atoms with Crippen molar-refractivity contribution in [2.24, 2.45) is 0 Å². The van der Waals surface area contributed by atoms with Crippen molar-refractivity contribution in [1.29, 1.82) is 0 Å². The molecule has 0 unspecified atom stereocenters. The highest BCUT2D eigenvalue weighted by atomic mass is 19.1. The summed E-state index contributed by atoms with van der Waals surface area (Å²) in [5.74, 6) is -0.728. The monoisotopic (exact) mass is 333 g/mol. The average Bonchev–Trinajstić information content (AvgIpc) is 3.10. The van der Waals surface area contributed by atoms with Gasteiger partial charge in [0, 0.05) is 30.4 Å². The Kier molecular flexibility index (Phi) is 4.80. The molecular weight excluding hydrogens is 313 g/mol.